The van der Waals surface area contributed by atoms with E-state index in [9.17, 15) is 4.79 Å². The van der Waals surface area contributed by atoms with Gasteiger partial charge in [0, 0.05) is 30.9 Å². The summed E-state index contributed by atoms with van der Waals surface area (Å²) in [4.78, 5) is 18.4. The number of nitrogens with one attached hydrogen (secondary N) is 1. The quantitative estimate of drug-likeness (QED) is 0.767. The highest BCUT2D eigenvalue weighted by molar-refractivity contribution is 5.78. The van der Waals surface area contributed by atoms with Crippen LogP contribution in [0, 0.1) is 0 Å². The molecule has 0 unspecified atom stereocenters. The van der Waals surface area contributed by atoms with Crippen LogP contribution in [0.2, 0.25) is 0 Å². The number of hydrogen-bond acceptors (Lipinski definition) is 5. The number of aromatic nitrogens is 3. The van der Waals surface area contributed by atoms with E-state index in [1.54, 1.807) is 4.90 Å². The molecule has 4 heterocycles. The van der Waals surface area contributed by atoms with Crippen LogP contribution in [0.15, 0.2) is 48.8 Å². The van der Waals surface area contributed by atoms with Crippen LogP contribution in [-0.4, -0.2) is 51.3 Å². The van der Waals surface area contributed by atoms with Gasteiger partial charge in [0.05, 0.1) is 24.0 Å². The molecule has 0 saturated carbocycles. The minimum atomic E-state index is -0.218. The van der Waals surface area contributed by atoms with Crippen LogP contribution in [0.25, 0.3) is 16.8 Å². The van der Waals surface area contributed by atoms with Gasteiger partial charge in [-0.3, -0.25) is 0 Å². The van der Waals surface area contributed by atoms with Crippen molar-refractivity contribution in [1.82, 2.24) is 19.5 Å². The molecule has 1 amide bonds. The molecule has 7 heteroatoms. The van der Waals surface area contributed by atoms with E-state index in [0.29, 0.717) is 25.7 Å². The van der Waals surface area contributed by atoms with E-state index in [1.807, 2.05) is 60.2 Å². The summed E-state index contributed by atoms with van der Waals surface area (Å²) in [5.41, 5.74) is 2.94. The van der Waals surface area contributed by atoms with E-state index in [2.05, 4.69) is 10.4 Å². The third-order valence-corrected chi connectivity index (χ3v) is 4.82. The Balaban J connectivity index is 1.44. The average molecular weight is 365 g/mol. The second-order valence-corrected chi connectivity index (χ2v) is 6.60. The first-order valence-electron chi connectivity index (χ1n) is 9.32. The van der Waals surface area contributed by atoms with Gasteiger partial charge in [-0.25, -0.2) is 14.3 Å². The van der Waals surface area contributed by atoms with Crippen LogP contribution in [0.4, 0.5) is 10.6 Å². The lowest BCUT2D eigenvalue weighted by Gasteiger charge is -2.31. The summed E-state index contributed by atoms with van der Waals surface area (Å²) in [5, 5.41) is 7.89. The Labute approximate surface area is 158 Å². The fourth-order valence-corrected chi connectivity index (χ4v) is 3.43. The van der Waals surface area contributed by atoms with Crippen molar-refractivity contribution in [1.29, 1.82) is 0 Å². The fourth-order valence-electron chi connectivity index (χ4n) is 3.43. The number of rotatable bonds is 4. The van der Waals surface area contributed by atoms with Gasteiger partial charge in [0.1, 0.15) is 5.82 Å². The summed E-state index contributed by atoms with van der Waals surface area (Å²) in [6, 6.07) is 12.3. The predicted molar refractivity (Wildman–Crippen MR) is 104 cm³/mol. The molecule has 1 aliphatic rings. The first kappa shape index (κ1) is 17.3. The molecule has 1 aliphatic heterocycles. The number of amides is 1. The third kappa shape index (κ3) is 3.72. The Morgan fingerprint density at radius 1 is 1.22 bits per heavy atom. The van der Waals surface area contributed by atoms with Gasteiger partial charge in [-0.15, -0.1) is 0 Å². The normalized spacial score (nSPS) is 15.1. The summed E-state index contributed by atoms with van der Waals surface area (Å²) in [6.07, 6.45) is 5.31. The minimum Gasteiger partial charge on any atom is -0.450 e. The van der Waals surface area contributed by atoms with Crippen molar-refractivity contribution >= 4 is 17.4 Å². The van der Waals surface area contributed by atoms with Crippen molar-refractivity contribution in [2.24, 2.45) is 0 Å². The largest absolute Gasteiger partial charge is 0.450 e. The Morgan fingerprint density at radius 3 is 2.89 bits per heavy atom. The molecule has 7 nitrogen and oxygen atoms in total. The lowest BCUT2D eigenvalue weighted by atomic mass is 10.1. The van der Waals surface area contributed by atoms with E-state index in [-0.39, 0.29) is 6.09 Å². The van der Waals surface area contributed by atoms with E-state index >= 15 is 0 Å². The highest BCUT2D eigenvalue weighted by atomic mass is 16.6. The van der Waals surface area contributed by atoms with E-state index < -0.39 is 0 Å². The molecule has 27 heavy (non-hydrogen) atoms. The van der Waals surface area contributed by atoms with Crippen molar-refractivity contribution in [3.63, 3.8) is 0 Å². The maximum atomic E-state index is 11.8. The van der Waals surface area contributed by atoms with E-state index in [0.717, 1.165) is 35.4 Å². The molecular formula is C20H23N5O2. The number of carbonyl (C=O) groups is 1. The third-order valence-electron chi connectivity index (χ3n) is 4.82. The molecule has 0 spiro atoms. The molecule has 0 aliphatic carbocycles. The molecule has 1 saturated heterocycles. The lowest BCUT2D eigenvalue weighted by molar-refractivity contribution is 0.0983. The molecular weight excluding hydrogens is 342 g/mol. The maximum Gasteiger partial charge on any atom is 0.409 e. The van der Waals surface area contributed by atoms with Crippen molar-refractivity contribution in [2.45, 2.75) is 25.8 Å². The van der Waals surface area contributed by atoms with Gasteiger partial charge in [-0.2, -0.15) is 5.10 Å². The summed E-state index contributed by atoms with van der Waals surface area (Å²) in [7, 11) is 0. The van der Waals surface area contributed by atoms with Gasteiger partial charge in [0.15, 0.2) is 0 Å². The molecule has 1 fully saturated rings. The fraction of sp³-hybridized carbons (Fsp3) is 0.350. The molecule has 140 valence electrons. The van der Waals surface area contributed by atoms with Crippen molar-refractivity contribution in [2.75, 3.05) is 25.0 Å². The topological polar surface area (TPSA) is 71.8 Å². The van der Waals surface area contributed by atoms with Crippen LogP contribution in [0.1, 0.15) is 19.8 Å². The molecule has 0 atom stereocenters. The number of pyridine rings is 2. The van der Waals surface area contributed by atoms with Crippen molar-refractivity contribution < 1.29 is 9.53 Å². The van der Waals surface area contributed by atoms with Gasteiger partial charge in [0.25, 0.3) is 0 Å². The SMILES string of the molecule is CCOC(=O)N1CCC(Nc2cccc(-c3cnn4ccccc34)n2)CC1. The van der Waals surface area contributed by atoms with Crippen LogP contribution in [0.5, 0.6) is 0 Å². The number of ether oxygens (including phenoxy) is 1. The lowest BCUT2D eigenvalue weighted by Crippen LogP contribution is -2.42. The number of nitrogens with zero attached hydrogens (tertiary/aromatic N) is 4. The summed E-state index contributed by atoms with van der Waals surface area (Å²) >= 11 is 0. The molecule has 4 rings (SSSR count). The highest BCUT2D eigenvalue weighted by Crippen LogP contribution is 2.24. The maximum absolute atomic E-state index is 11.8. The number of hydrogen-bond donors (Lipinski definition) is 1. The summed E-state index contributed by atoms with van der Waals surface area (Å²) < 4.78 is 6.92. The van der Waals surface area contributed by atoms with Crippen molar-refractivity contribution in [3.05, 3.63) is 48.8 Å². The number of piperidine rings is 1. The van der Waals surface area contributed by atoms with Crippen LogP contribution in [0.3, 0.4) is 0 Å². The van der Waals surface area contributed by atoms with Crippen LogP contribution < -0.4 is 5.32 Å². The molecule has 0 bridgehead atoms. The Kier molecular flexibility index (Phi) is 4.91. The monoisotopic (exact) mass is 365 g/mol. The van der Waals surface area contributed by atoms with Gasteiger partial charge < -0.3 is 15.0 Å². The highest BCUT2D eigenvalue weighted by Gasteiger charge is 2.23. The minimum absolute atomic E-state index is 0.218. The second kappa shape index (κ2) is 7.65. The second-order valence-electron chi connectivity index (χ2n) is 6.60. The molecule has 0 radical (unpaired) electrons. The average Bonchev–Trinajstić information content (AvgIpc) is 3.13. The van der Waals surface area contributed by atoms with Crippen LogP contribution >= 0.6 is 0 Å². The predicted octanol–water partition coefficient (Wildman–Crippen LogP) is 3.43. The van der Waals surface area contributed by atoms with Gasteiger partial charge in [-0.05, 0) is 44.0 Å². The number of likely N-dealkylation sites (tertiary alicyclic amines) is 1. The zero-order chi connectivity index (χ0) is 18.6. The Hall–Kier alpha value is -3.09. The molecule has 3 aromatic heterocycles. The number of carbonyl (C=O) groups excluding carboxylic acids is 1. The van der Waals surface area contributed by atoms with Gasteiger partial charge in [0.2, 0.25) is 0 Å². The number of fused-ring (bicyclic) bond motifs is 1. The van der Waals surface area contributed by atoms with Crippen LogP contribution in [-0.2, 0) is 4.74 Å². The van der Waals surface area contributed by atoms with Crippen molar-refractivity contribution in [3.8, 4) is 11.3 Å². The molecule has 3 aromatic rings. The first-order chi connectivity index (χ1) is 13.2. The molecule has 1 N–H and O–H groups in total. The first-order valence-corrected chi connectivity index (χ1v) is 9.32. The van der Waals surface area contributed by atoms with E-state index in [4.69, 9.17) is 9.72 Å². The van der Waals surface area contributed by atoms with E-state index in [1.165, 1.54) is 0 Å². The molecule has 0 aromatic carbocycles. The standard InChI is InChI=1S/C20H23N5O2/c1-2-27-20(26)24-12-9-15(10-13-24)22-19-8-5-6-17(23-19)16-14-21-25-11-4-3-7-18(16)25/h3-8,11,14-15H,2,9-10,12-13H2,1H3,(H,22,23). The van der Waals surface area contributed by atoms with Gasteiger partial charge in [-0.1, -0.05) is 12.1 Å². The van der Waals surface area contributed by atoms with Gasteiger partial charge >= 0.3 is 6.09 Å². The summed E-state index contributed by atoms with van der Waals surface area (Å²) in [5.74, 6) is 0.845. The zero-order valence-corrected chi connectivity index (χ0v) is 15.3. The smallest absolute Gasteiger partial charge is 0.409 e. The zero-order valence-electron chi connectivity index (χ0n) is 15.3. The Morgan fingerprint density at radius 2 is 2.07 bits per heavy atom. The summed E-state index contributed by atoms with van der Waals surface area (Å²) in [6.45, 7) is 3.64. The Bertz CT molecular complexity index is 931. The number of anilines is 1.